The van der Waals surface area contributed by atoms with Crippen LogP contribution in [0.5, 0.6) is 0 Å². The molecule has 0 aromatic heterocycles. The Morgan fingerprint density at radius 3 is 1.58 bits per heavy atom. The first kappa shape index (κ1) is 55.4. The Bertz CT molecular complexity index is 2700. The van der Waals surface area contributed by atoms with Crippen LogP contribution >= 0.6 is 0 Å². The van der Waals surface area contributed by atoms with Crippen molar-refractivity contribution in [3.63, 3.8) is 0 Å². The molecule has 2 spiro atoms. The number of aliphatic hydroxyl groups excluding tert-OH is 2. The van der Waals surface area contributed by atoms with Crippen LogP contribution in [-0.4, -0.2) is 119 Å². The third-order valence-electron chi connectivity index (χ3n) is 25.7. The van der Waals surface area contributed by atoms with Crippen molar-refractivity contribution in [1.29, 1.82) is 0 Å². The molecule has 5 unspecified atom stereocenters. The smallest absolute Gasteiger partial charge is 0.387 e. The van der Waals surface area contributed by atoms with Gasteiger partial charge in [-0.3, -0.25) is 9.11 Å². The van der Waals surface area contributed by atoms with Crippen molar-refractivity contribution in [3.05, 3.63) is 22.3 Å². The van der Waals surface area contributed by atoms with E-state index in [-0.39, 0.29) is 72.4 Å². The highest BCUT2D eigenvalue weighted by Crippen LogP contribution is 2.74. The van der Waals surface area contributed by atoms with E-state index in [4.69, 9.17) is 27.3 Å². The monoisotopic (exact) mass is 1110 g/mol. The van der Waals surface area contributed by atoms with Crippen LogP contribution in [0, 0.1) is 85.8 Å². The number of fused-ring (bicyclic) bond motifs is 10. The molecule has 6 saturated heterocycles. The van der Waals surface area contributed by atoms with E-state index < -0.39 is 95.9 Å². The highest BCUT2D eigenvalue weighted by molar-refractivity contribution is 7.81. The highest BCUT2D eigenvalue weighted by Gasteiger charge is 2.76. The Morgan fingerprint density at radius 2 is 1.12 bits per heavy atom. The van der Waals surface area contributed by atoms with Gasteiger partial charge in [-0.1, -0.05) is 77.7 Å². The van der Waals surface area contributed by atoms with Crippen molar-refractivity contribution in [2.24, 2.45) is 85.8 Å². The summed E-state index contributed by atoms with van der Waals surface area (Å²) in [6.45, 7) is 24.0. The Kier molecular flexibility index (Phi) is 12.4. The number of hydrogen-bond acceptors (Lipinski definition) is 14. The van der Waals surface area contributed by atoms with Gasteiger partial charge in [0.15, 0.2) is 11.6 Å². The van der Waals surface area contributed by atoms with E-state index in [9.17, 15) is 46.4 Å². The van der Waals surface area contributed by atoms with Crippen LogP contribution in [-0.2, 0) is 48.1 Å². The summed E-state index contributed by atoms with van der Waals surface area (Å²) >= 11 is 0. The van der Waals surface area contributed by atoms with E-state index in [0.717, 1.165) is 77.0 Å². The van der Waals surface area contributed by atoms with Crippen molar-refractivity contribution in [3.8, 4) is 0 Å². The molecule has 0 radical (unpaired) electrons. The van der Waals surface area contributed by atoms with Crippen molar-refractivity contribution in [2.45, 2.75) is 238 Å². The molecule has 14 aliphatic rings. The number of aliphatic hydroxyl groups is 4. The Balaban J connectivity index is 0.791. The predicted molar refractivity (Wildman–Crippen MR) is 278 cm³/mol. The fourth-order valence-electron chi connectivity index (χ4n) is 22.5. The lowest BCUT2D eigenvalue weighted by molar-refractivity contribution is -0.408. The van der Waals surface area contributed by atoms with E-state index in [2.05, 4.69) is 48.5 Å². The minimum atomic E-state index is -4.85. The molecular formula is C58H90O16S2. The summed E-state index contributed by atoms with van der Waals surface area (Å²) in [5.74, 6) is -2.89. The highest BCUT2D eigenvalue weighted by atomic mass is 32.3. The molecule has 6 heterocycles. The average molecular weight is 1110 g/mol. The molecule has 0 aromatic rings. The molecule has 10 fully saturated rings. The topological polar surface area (TPSA) is 245 Å². The van der Waals surface area contributed by atoms with E-state index in [1.165, 1.54) is 22.3 Å². The SMILES string of the molecule is CC([C@H]1CCC2C3=C(CC[C@@]21C)[C@@]12CO[C@](O)([C@@H](O)C1)C(C)(C)C2[C@@H](OS(=O)(=O)O)C3)[C@H]1C[C@@H]2C[C@@](C)(OC2(C)C)[C@H](CC[C@@H](C)[C@H]2CCC3C4=C(CC[C@@]32C)[C@@]23CO[C@](O)([C@@H](O)C2)C(C)(C)C3[C@@H](OS(=O)(=O)O)C4)O1. The summed E-state index contributed by atoms with van der Waals surface area (Å²) < 4.78 is 109. The van der Waals surface area contributed by atoms with Crippen molar-refractivity contribution < 1.29 is 73.7 Å². The van der Waals surface area contributed by atoms with E-state index in [0.29, 0.717) is 36.5 Å². The van der Waals surface area contributed by atoms with Crippen LogP contribution in [0.2, 0.25) is 0 Å². The third kappa shape index (κ3) is 7.45. The second-order valence-electron chi connectivity index (χ2n) is 29.9. The lowest BCUT2D eigenvalue weighted by Gasteiger charge is -2.69. The van der Waals surface area contributed by atoms with Crippen molar-refractivity contribution >= 4 is 20.8 Å². The molecule has 22 atom stereocenters. The van der Waals surface area contributed by atoms with Crippen LogP contribution in [0.3, 0.4) is 0 Å². The molecule has 0 aromatic carbocycles. The quantitative estimate of drug-likeness (QED) is 0.0888. The van der Waals surface area contributed by atoms with Gasteiger partial charge in [0, 0.05) is 33.5 Å². The largest absolute Gasteiger partial charge is 0.397 e. The van der Waals surface area contributed by atoms with Gasteiger partial charge in [0.25, 0.3) is 0 Å². The Labute approximate surface area is 452 Å². The predicted octanol–water partition coefficient (Wildman–Crippen LogP) is 8.42. The molecule has 8 aliphatic carbocycles. The lowest BCUT2D eigenvalue weighted by Crippen LogP contribution is -2.76. The molecule has 16 nitrogen and oxygen atoms in total. The standard InChI is InChI=1S/C58H90O16S2/c1-30(35-13-15-37-33-23-42(72-75(63,64)65)47-49(3,4)57(61)44(59)26-55(47,28-69-57)39(33)18-20-52(35,37)9)12-17-46-54(11)25-32(51(7,8)74-54)22-41(71-46)31(2)36-14-16-38-34-24-43(73-76(66,67)68)48-50(5,6)58(62)45(60)27-56(48,29-70-58)40(34)19-21-53(36,38)10/h30-32,35-38,41-48,59-62H,12-29H2,1-11H3,(H,63,64,65)(H,66,67,68)/t30-,31?,32-,35-,36-,37?,38?,41-,42+,43+,44+,45+,46+,47?,48?,52-,53-,54-,55+,56+,57-,58-/m1/s1. The van der Waals surface area contributed by atoms with Crippen molar-refractivity contribution in [2.75, 3.05) is 13.2 Å². The Hall–Kier alpha value is -1.10. The maximum atomic E-state index is 12.6. The zero-order chi connectivity index (χ0) is 54.9. The first-order valence-electron chi connectivity index (χ1n) is 29.2. The zero-order valence-corrected chi connectivity index (χ0v) is 48.6. The number of rotatable bonds is 10. The molecule has 6 bridgehead atoms. The summed E-state index contributed by atoms with van der Waals surface area (Å²) in [4.78, 5) is 0. The normalized spacial score (nSPS) is 52.2. The van der Waals surface area contributed by atoms with Crippen LogP contribution < -0.4 is 0 Å². The van der Waals surface area contributed by atoms with Crippen LogP contribution in [0.1, 0.15) is 179 Å². The van der Waals surface area contributed by atoms with E-state index >= 15 is 0 Å². The number of ether oxygens (including phenoxy) is 4. The summed E-state index contributed by atoms with van der Waals surface area (Å²) in [5.41, 5.74) is 0.215. The van der Waals surface area contributed by atoms with Crippen LogP contribution in [0.4, 0.5) is 0 Å². The molecule has 6 aliphatic heterocycles. The maximum absolute atomic E-state index is 12.6. The minimum Gasteiger partial charge on any atom is -0.387 e. The van der Waals surface area contributed by atoms with Gasteiger partial charge in [-0.15, -0.1) is 0 Å². The van der Waals surface area contributed by atoms with Crippen LogP contribution in [0.15, 0.2) is 22.3 Å². The first-order chi connectivity index (χ1) is 35.0. The van der Waals surface area contributed by atoms with Gasteiger partial charge in [0.2, 0.25) is 0 Å². The molecule has 0 amide bonds. The van der Waals surface area contributed by atoms with Crippen LogP contribution in [0.25, 0.3) is 0 Å². The van der Waals surface area contributed by atoms with Gasteiger partial charge in [-0.25, -0.2) is 8.37 Å². The summed E-state index contributed by atoms with van der Waals surface area (Å²) in [7, 11) is -9.68. The molecule has 430 valence electrons. The van der Waals surface area contributed by atoms with E-state index in [1.807, 2.05) is 27.7 Å². The third-order valence-corrected chi connectivity index (χ3v) is 26.7. The van der Waals surface area contributed by atoms with Gasteiger partial charge in [0.05, 0.1) is 48.8 Å². The zero-order valence-electron chi connectivity index (χ0n) is 47.0. The first-order valence-corrected chi connectivity index (χ1v) is 32.0. The minimum absolute atomic E-state index is 0.0116. The molecular weight excluding hydrogens is 1020 g/mol. The summed E-state index contributed by atoms with van der Waals surface area (Å²) in [5, 5.41) is 46.6. The summed E-state index contributed by atoms with van der Waals surface area (Å²) in [6, 6.07) is 0. The molecule has 76 heavy (non-hydrogen) atoms. The molecule has 18 heteroatoms. The van der Waals surface area contributed by atoms with Gasteiger partial charge < -0.3 is 39.4 Å². The lowest BCUT2D eigenvalue weighted by atomic mass is 9.42. The van der Waals surface area contributed by atoms with E-state index in [1.54, 1.807) is 0 Å². The molecule has 6 N–H and O–H groups in total. The Morgan fingerprint density at radius 1 is 0.658 bits per heavy atom. The summed E-state index contributed by atoms with van der Waals surface area (Å²) in [6.07, 6.45) is 7.78. The van der Waals surface area contributed by atoms with Gasteiger partial charge in [0.1, 0.15) is 12.2 Å². The van der Waals surface area contributed by atoms with Gasteiger partial charge in [-0.2, -0.15) is 16.8 Å². The van der Waals surface area contributed by atoms with Crippen molar-refractivity contribution in [1.82, 2.24) is 0 Å². The van der Waals surface area contributed by atoms with Gasteiger partial charge >= 0.3 is 20.8 Å². The average Bonchev–Trinajstić information content (AvgIpc) is 4.03. The fourth-order valence-corrected chi connectivity index (χ4v) is 23.5. The second-order valence-corrected chi connectivity index (χ2v) is 32.0. The molecule has 4 saturated carbocycles. The fraction of sp³-hybridized carbons (Fsp3) is 0.931. The maximum Gasteiger partial charge on any atom is 0.397 e. The second kappa shape index (κ2) is 17.0. The number of hydrogen-bond donors (Lipinski definition) is 6. The molecule has 14 rings (SSSR count). The van der Waals surface area contributed by atoms with Gasteiger partial charge in [-0.05, 0) is 176 Å².